The van der Waals surface area contributed by atoms with E-state index in [2.05, 4.69) is 4.98 Å². The van der Waals surface area contributed by atoms with E-state index in [1.807, 2.05) is 24.0 Å². The smallest absolute Gasteiger partial charge is 0.149 e. The van der Waals surface area contributed by atoms with Crippen molar-refractivity contribution in [3.8, 4) is 0 Å². The van der Waals surface area contributed by atoms with Crippen molar-refractivity contribution in [2.75, 3.05) is 36.9 Å². The topological polar surface area (TPSA) is 51.4 Å². The minimum absolute atomic E-state index is 0.294. The minimum Gasteiger partial charge on any atom is -0.397 e. The average molecular weight is 261 g/mol. The van der Waals surface area contributed by atoms with Crippen molar-refractivity contribution in [3.05, 3.63) is 29.7 Å². The van der Waals surface area contributed by atoms with Gasteiger partial charge in [0.15, 0.2) is 0 Å². The standard InChI is InChI=1S/C14H16FN3O/c1-9-2-3-10-13(17-9)12(16)8-11(15)14(10)18-4-6-19-7-5-18/h2-3,8H,4-7,16H2,1H3. The quantitative estimate of drug-likeness (QED) is 0.799. The Labute approximate surface area is 111 Å². The van der Waals surface area contributed by atoms with Crippen molar-refractivity contribution in [1.29, 1.82) is 0 Å². The molecule has 2 heterocycles. The van der Waals surface area contributed by atoms with Crippen LogP contribution in [0.25, 0.3) is 10.9 Å². The fourth-order valence-corrected chi connectivity index (χ4v) is 2.48. The van der Waals surface area contributed by atoms with E-state index in [0.717, 1.165) is 11.1 Å². The summed E-state index contributed by atoms with van der Waals surface area (Å²) in [5.41, 5.74) is 8.39. The number of nitrogens with zero attached hydrogens (tertiary/aromatic N) is 2. The molecule has 2 N–H and O–H groups in total. The van der Waals surface area contributed by atoms with Crippen molar-refractivity contribution in [1.82, 2.24) is 4.98 Å². The van der Waals surface area contributed by atoms with E-state index in [1.54, 1.807) is 0 Å². The highest BCUT2D eigenvalue weighted by molar-refractivity contribution is 5.99. The van der Waals surface area contributed by atoms with Crippen LogP contribution < -0.4 is 10.6 Å². The Kier molecular flexibility index (Phi) is 2.98. The Balaban J connectivity index is 2.22. The van der Waals surface area contributed by atoms with Crippen molar-refractivity contribution in [3.63, 3.8) is 0 Å². The van der Waals surface area contributed by atoms with Gasteiger partial charge < -0.3 is 15.4 Å². The molecule has 2 aromatic rings. The number of pyridine rings is 1. The molecule has 1 fully saturated rings. The largest absolute Gasteiger partial charge is 0.397 e. The SMILES string of the molecule is Cc1ccc2c(N3CCOCC3)c(F)cc(N)c2n1. The Morgan fingerprint density at radius 3 is 2.79 bits per heavy atom. The summed E-state index contributed by atoms with van der Waals surface area (Å²) in [5.74, 6) is -0.294. The molecule has 0 radical (unpaired) electrons. The second kappa shape index (κ2) is 4.66. The number of aromatic nitrogens is 1. The van der Waals surface area contributed by atoms with Crippen LogP contribution in [-0.4, -0.2) is 31.3 Å². The number of aryl methyl sites for hydroxylation is 1. The van der Waals surface area contributed by atoms with E-state index in [4.69, 9.17) is 10.5 Å². The van der Waals surface area contributed by atoms with Gasteiger partial charge in [0.2, 0.25) is 0 Å². The molecule has 1 aromatic heterocycles. The van der Waals surface area contributed by atoms with E-state index in [9.17, 15) is 4.39 Å². The number of ether oxygens (including phenoxy) is 1. The number of hydrogen-bond donors (Lipinski definition) is 1. The summed E-state index contributed by atoms with van der Waals surface area (Å²) >= 11 is 0. The monoisotopic (exact) mass is 261 g/mol. The first-order valence-corrected chi connectivity index (χ1v) is 6.35. The lowest BCUT2D eigenvalue weighted by Crippen LogP contribution is -2.37. The third-order valence-corrected chi connectivity index (χ3v) is 3.40. The number of nitrogen functional groups attached to an aromatic ring is 1. The number of halogens is 1. The molecule has 4 nitrogen and oxygen atoms in total. The Morgan fingerprint density at radius 1 is 1.32 bits per heavy atom. The van der Waals surface area contributed by atoms with Crippen molar-refractivity contribution < 1.29 is 9.13 Å². The number of rotatable bonds is 1. The van der Waals surface area contributed by atoms with Crippen molar-refractivity contribution >= 4 is 22.3 Å². The van der Waals surface area contributed by atoms with Gasteiger partial charge in [-0.05, 0) is 19.1 Å². The number of morpholine rings is 1. The van der Waals surface area contributed by atoms with Gasteiger partial charge >= 0.3 is 0 Å². The molecule has 0 saturated carbocycles. The third kappa shape index (κ3) is 2.10. The highest BCUT2D eigenvalue weighted by Gasteiger charge is 2.20. The van der Waals surface area contributed by atoms with Crippen LogP contribution in [0.15, 0.2) is 18.2 Å². The van der Waals surface area contributed by atoms with Gasteiger partial charge in [-0.25, -0.2) is 4.39 Å². The van der Waals surface area contributed by atoms with Gasteiger partial charge in [-0.1, -0.05) is 0 Å². The second-order valence-corrected chi connectivity index (χ2v) is 4.74. The van der Waals surface area contributed by atoms with Gasteiger partial charge in [0.05, 0.1) is 30.1 Å². The number of fused-ring (bicyclic) bond motifs is 1. The van der Waals surface area contributed by atoms with Gasteiger partial charge in [0, 0.05) is 30.2 Å². The first-order valence-electron chi connectivity index (χ1n) is 6.35. The molecule has 0 unspecified atom stereocenters. The van der Waals surface area contributed by atoms with Crippen LogP contribution in [0.5, 0.6) is 0 Å². The molecule has 5 heteroatoms. The highest BCUT2D eigenvalue weighted by atomic mass is 19.1. The summed E-state index contributed by atoms with van der Waals surface area (Å²) in [7, 11) is 0. The number of anilines is 2. The molecule has 1 aromatic carbocycles. The van der Waals surface area contributed by atoms with E-state index in [-0.39, 0.29) is 5.82 Å². The van der Waals surface area contributed by atoms with Crippen LogP contribution >= 0.6 is 0 Å². The first-order chi connectivity index (χ1) is 9.16. The summed E-state index contributed by atoms with van der Waals surface area (Å²) in [5, 5.41) is 0.769. The zero-order chi connectivity index (χ0) is 13.4. The molecule has 0 spiro atoms. The fraction of sp³-hybridized carbons (Fsp3) is 0.357. The van der Waals surface area contributed by atoms with Crippen LogP contribution in [-0.2, 0) is 4.74 Å². The van der Waals surface area contributed by atoms with Gasteiger partial charge in [-0.2, -0.15) is 0 Å². The van der Waals surface area contributed by atoms with Crippen LogP contribution in [0.4, 0.5) is 15.8 Å². The first kappa shape index (κ1) is 12.2. The molecule has 3 rings (SSSR count). The number of benzene rings is 1. The van der Waals surface area contributed by atoms with E-state index in [1.165, 1.54) is 6.07 Å². The lowest BCUT2D eigenvalue weighted by molar-refractivity contribution is 0.122. The number of nitrogens with two attached hydrogens (primary N) is 1. The Morgan fingerprint density at radius 2 is 2.05 bits per heavy atom. The lowest BCUT2D eigenvalue weighted by Gasteiger charge is -2.30. The van der Waals surface area contributed by atoms with E-state index >= 15 is 0 Å². The number of hydrogen-bond acceptors (Lipinski definition) is 4. The van der Waals surface area contributed by atoms with Gasteiger partial charge in [0.1, 0.15) is 5.82 Å². The van der Waals surface area contributed by atoms with E-state index < -0.39 is 0 Å². The van der Waals surface area contributed by atoms with E-state index in [0.29, 0.717) is 43.2 Å². The van der Waals surface area contributed by atoms with Crippen LogP contribution in [0.2, 0.25) is 0 Å². The lowest BCUT2D eigenvalue weighted by atomic mass is 10.1. The second-order valence-electron chi connectivity index (χ2n) is 4.74. The molecule has 0 bridgehead atoms. The maximum absolute atomic E-state index is 14.3. The molecule has 19 heavy (non-hydrogen) atoms. The predicted octanol–water partition coefficient (Wildman–Crippen LogP) is 2.10. The van der Waals surface area contributed by atoms with Crippen molar-refractivity contribution in [2.45, 2.75) is 6.92 Å². The Bertz CT molecular complexity index is 624. The molecule has 0 amide bonds. The zero-order valence-corrected chi connectivity index (χ0v) is 10.8. The van der Waals surface area contributed by atoms with Gasteiger partial charge in [0.25, 0.3) is 0 Å². The van der Waals surface area contributed by atoms with Gasteiger partial charge in [-0.3, -0.25) is 4.98 Å². The molecule has 1 aliphatic heterocycles. The van der Waals surface area contributed by atoms with Crippen LogP contribution in [0.3, 0.4) is 0 Å². The normalized spacial score (nSPS) is 16.0. The van der Waals surface area contributed by atoms with Crippen molar-refractivity contribution in [2.24, 2.45) is 0 Å². The molecular formula is C14H16FN3O. The molecule has 0 aliphatic carbocycles. The molecule has 0 atom stereocenters. The summed E-state index contributed by atoms with van der Waals surface area (Å²) in [6, 6.07) is 5.13. The molecule has 1 aliphatic rings. The average Bonchev–Trinajstić information content (AvgIpc) is 2.41. The molecule has 100 valence electrons. The molecule has 1 saturated heterocycles. The van der Waals surface area contributed by atoms with Crippen LogP contribution in [0, 0.1) is 12.7 Å². The maximum Gasteiger partial charge on any atom is 0.149 e. The Hall–Kier alpha value is -1.88. The zero-order valence-electron chi connectivity index (χ0n) is 10.8. The molecular weight excluding hydrogens is 245 g/mol. The summed E-state index contributed by atoms with van der Waals surface area (Å²) in [6.45, 7) is 4.50. The summed E-state index contributed by atoms with van der Waals surface area (Å²) in [4.78, 5) is 6.42. The summed E-state index contributed by atoms with van der Waals surface area (Å²) < 4.78 is 19.6. The van der Waals surface area contributed by atoms with Gasteiger partial charge in [-0.15, -0.1) is 0 Å². The van der Waals surface area contributed by atoms with Crippen LogP contribution in [0.1, 0.15) is 5.69 Å². The highest BCUT2D eigenvalue weighted by Crippen LogP contribution is 2.33. The predicted molar refractivity (Wildman–Crippen MR) is 73.9 cm³/mol. The minimum atomic E-state index is -0.294. The summed E-state index contributed by atoms with van der Waals surface area (Å²) in [6.07, 6.45) is 0. The maximum atomic E-state index is 14.3. The fourth-order valence-electron chi connectivity index (χ4n) is 2.48. The third-order valence-electron chi connectivity index (χ3n) is 3.40.